The number of aliphatic hydroxyl groups excluding tert-OH is 2. The minimum atomic E-state index is -1.12. The van der Waals surface area contributed by atoms with Crippen molar-refractivity contribution in [3.05, 3.63) is 0 Å². The molecule has 3 aliphatic rings. The first-order chi connectivity index (χ1) is 8.59. The lowest BCUT2D eigenvalue weighted by molar-refractivity contribution is -0.289. The van der Waals surface area contributed by atoms with Crippen LogP contribution in [0, 0.1) is 5.41 Å². The van der Waals surface area contributed by atoms with Crippen molar-refractivity contribution in [2.75, 3.05) is 19.0 Å². The second-order valence-electron chi connectivity index (χ2n) is 4.26. The maximum Gasteiger partial charge on any atom is 0.186 e. The SMILES string of the molecule is C.I.N=C(N)SCC1OC2OCCCOC1C(O)C2O. The molecule has 3 heterocycles. The number of nitrogens with two attached hydrogens (primary N) is 1. The number of amidine groups is 1. The van der Waals surface area contributed by atoms with E-state index >= 15 is 0 Å². The number of thioether (sulfide) groups is 1. The van der Waals surface area contributed by atoms with Gasteiger partial charge in [0.05, 0.1) is 12.7 Å². The molecule has 20 heavy (non-hydrogen) atoms. The fraction of sp³-hybridized carbons (Fsp3) is 0.909. The van der Waals surface area contributed by atoms with Crippen LogP contribution in [0.15, 0.2) is 0 Å². The minimum absolute atomic E-state index is 0. The van der Waals surface area contributed by atoms with Gasteiger partial charge >= 0.3 is 0 Å². The number of ether oxygens (including phenoxy) is 3. The first-order valence-electron chi connectivity index (χ1n) is 5.81. The summed E-state index contributed by atoms with van der Waals surface area (Å²) >= 11 is 1.11. The maximum atomic E-state index is 10.0. The third-order valence-electron chi connectivity index (χ3n) is 2.92. The standard InChI is InChI=1S/C10H18N2O5S.CH4.HI/c11-10(12)18-4-5-8-6(13)7(14)9(17-5)16-3-1-2-15-8;;/h5-9,13-14H,1-4H2,(H3,11,12);1H4;1H. The highest BCUT2D eigenvalue weighted by Crippen LogP contribution is 2.28. The molecule has 3 aliphatic heterocycles. The van der Waals surface area contributed by atoms with Crippen molar-refractivity contribution in [2.45, 2.75) is 44.6 Å². The molecule has 0 aromatic heterocycles. The second kappa shape index (κ2) is 9.38. The van der Waals surface area contributed by atoms with E-state index in [0.29, 0.717) is 25.4 Å². The predicted molar refractivity (Wildman–Crippen MR) is 87.5 cm³/mol. The van der Waals surface area contributed by atoms with Gasteiger partial charge in [-0.3, -0.25) is 5.41 Å². The van der Waals surface area contributed by atoms with E-state index in [-0.39, 0.29) is 36.6 Å². The Morgan fingerprint density at radius 2 is 1.90 bits per heavy atom. The summed E-state index contributed by atoms with van der Waals surface area (Å²) in [5.74, 6) is 0.379. The van der Waals surface area contributed by atoms with E-state index in [2.05, 4.69) is 0 Å². The van der Waals surface area contributed by atoms with Crippen LogP contribution in [0.2, 0.25) is 0 Å². The molecule has 0 saturated carbocycles. The molecule has 3 saturated heterocycles. The third-order valence-corrected chi connectivity index (χ3v) is 3.73. The molecule has 7 nitrogen and oxygen atoms in total. The van der Waals surface area contributed by atoms with E-state index in [1.54, 1.807) is 0 Å². The molecule has 5 unspecified atom stereocenters. The molecule has 5 atom stereocenters. The van der Waals surface area contributed by atoms with Gasteiger partial charge in [-0.15, -0.1) is 24.0 Å². The lowest BCUT2D eigenvalue weighted by atomic mass is 10.00. The third kappa shape index (κ3) is 4.97. The average molecular weight is 422 g/mol. The quantitative estimate of drug-likeness (QED) is 0.284. The molecule has 0 aromatic rings. The molecule has 0 aromatic carbocycles. The van der Waals surface area contributed by atoms with Crippen molar-refractivity contribution in [1.29, 1.82) is 5.41 Å². The first-order valence-corrected chi connectivity index (χ1v) is 6.80. The smallest absolute Gasteiger partial charge is 0.186 e. The predicted octanol–water partition coefficient (Wildman–Crippen LogP) is 0.119. The topological polar surface area (TPSA) is 118 Å². The van der Waals surface area contributed by atoms with Gasteiger partial charge in [0, 0.05) is 12.4 Å². The summed E-state index contributed by atoms with van der Waals surface area (Å²) < 4.78 is 16.5. The zero-order chi connectivity index (χ0) is 13.1. The molecule has 3 rings (SSSR count). The first kappa shape index (κ1) is 20.3. The Labute approximate surface area is 140 Å². The molecule has 0 aliphatic carbocycles. The van der Waals surface area contributed by atoms with Gasteiger partial charge in [0.25, 0.3) is 0 Å². The van der Waals surface area contributed by atoms with Gasteiger partial charge in [0.15, 0.2) is 11.5 Å². The molecular weight excluding hydrogens is 399 g/mol. The number of fused-ring (bicyclic) bond motifs is 6. The molecular formula is C11H23IN2O5S. The Bertz CT molecular complexity index is 311. The molecule has 2 bridgehead atoms. The summed E-state index contributed by atoms with van der Waals surface area (Å²) in [4.78, 5) is 0. The molecule has 120 valence electrons. The van der Waals surface area contributed by atoms with E-state index in [0.717, 1.165) is 11.8 Å². The summed E-state index contributed by atoms with van der Waals surface area (Å²) in [5, 5.41) is 27.0. The normalized spacial score (nSPS) is 36.8. The molecule has 0 radical (unpaired) electrons. The zero-order valence-electron chi connectivity index (χ0n) is 10.2. The molecule has 9 heteroatoms. The van der Waals surface area contributed by atoms with Crippen molar-refractivity contribution in [3.63, 3.8) is 0 Å². The number of hydrogen-bond donors (Lipinski definition) is 4. The van der Waals surface area contributed by atoms with E-state index < -0.39 is 30.7 Å². The Morgan fingerprint density at radius 1 is 1.25 bits per heavy atom. The largest absolute Gasteiger partial charge is 0.387 e. The minimum Gasteiger partial charge on any atom is -0.387 e. The van der Waals surface area contributed by atoms with Gasteiger partial charge in [0.1, 0.15) is 18.3 Å². The fourth-order valence-corrected chi connectivity index (χ4v) is 2.65. The second-order valence-corrected chi connectivity index (χ2v) is 5.32. The van der Waals surface area contributed by atoms with Gasteiger partial charge in [-0.1, -0.05) is 19.2 Å². The van der Waals surface area contributed by atoms with Crippen molar-refractivity contribution < 1.29 is 24.4 Å². The van der Waals surface area contributed by atoms with Crippen molar-refractivity contribution >= 4 is 40.9 Å². The van der Waals surface area contributed by atoms with E-state index in [1.165, 1.54) is 0 Å². The zero-order valence-corrected chi connectivity index (χ0v) is 13.4. The van der Waals surface area contributed by atoms with Crippen molar-refractivity contribution in [3.8, 4) is 0 Å². The summed E-state index contributed by atoms with van der Waals surface area (Å²) in [5.41, 5.74) is 5.28. The number of rotatable bonds is 2. The molecule has 5 N–H and O–H groups in total. The Balaban J connectivity index is 0.00000180. The van der Waals surface area contributed by atoms with Crippen LogP contribution in [0.4, 0.5) is 0 Å². The van der Waals surface area contributed by atoms with Crippen LogP contribution in [0.1, 0.15) is 13.8 Å². The van der Waals surface area contributed by atoms with E-state index in [1.807, 2.05) is 0 Å². The van der Waals surface area contributed by atoms with Gasteiger partial charge in [-0.05, 0) is 6.42 Å². The van der Waals surface area contributed by atoms with Gasteiger partial charge < -0.3 is 30.2 Å². The highest BCUT2D eigenvalue weighted by molar-refractivity contribution is 14.0. The van der Waals surface area contributed by atoms with Gasteiger partial charge in [0.2, 0.25) is 0 Å². The Kier molecular flexibility index (Phi) is 9.55. The molecule has 3 fully saturated rings. The molecule has 0 amide bonds. The van der Waals surface area contributed by atoms with E-state index in [4.69, 9.17) is 25.4 Å². The van der Waals surface area contributed by atoms with Crippen molar-refractivity contribution in [2.24, 2.45) is 5.73 Å². The number of halogens is 1. The van der Waals surface area contributed by atoms with Crippen LogP contribution < -0.4 is 5.73 Å². The van der Waals surface area contributed by atoms with Crippen LogP contribution >= 0.6 is 35.7 Å². The van der Waals surface area contributed by atoms with Crippen molar-refractivity contribution in [1.82, 2.24) is 0 Å². The van der Waals surface area contributed by atoms with Crippen LogP contribution in [0.3, 0.4) is 0 Å². The number of nitrogens with one attached hydrogen (secondary N) is 1. The summed E-state index contributed by atoms with van der Waals surface area (Å²) in [6, 6.07) is 0. The highest BCUT2D eigenvalue weighted by atomic mass is 127. The van der Waals surface area contributed by atoms with E-state index in [9.17, 15) is 10.2 Å². The number of aliphatic hydroxyl groups is 2. The molecule has 0 spiro atoms. The summed E-state index contributed by atoms with van der Waals surface area (Å²) in [6.07, 6.45) is -3.42. The Hall–Kier alpha value is 0.350. The number of hydrogen-bond acceptors (Lipinski definition) is 7. The fourth-order valence-electron chi connectivity index (χ4n) is 2.03. The maximum absolute atomic E-state index is 10.0. The monoisotopic (exact) mass is 422 g/mol. The van der Waals surface area contributed by atoms with Gasteiger partial charge in [-0.2, -0.15) is 0 Å². The van der Waals surface area contributed by atoms with Crippen LogP contribution in [-0.4, -0.2) is 65.1 Å². The average Bonchev–Trinajstić information content (AvgIpc) is 2.47. The highest BCUT2D eigenvalue weighted by Gasteiger charge is 2.46. The lowest BCUT2D eigenvalue weighted by Gasteiger charge is -2.41. The van der Waals surface area contributed by atoms with Crippen LogP contribution in [-0.2, 0) is 14.2 Å². The summed E-state index contributed by atoms with van der Waals surface area (Å²) in [7, 11) is 0. The van der Waals surface area contributed by atoms with Crippen LogP contribution in [0.5, 0.6) is 0 Å². The van der Waals surface area contributed by atoms with Gasteiger partial charge in [-0.25, -0.2) is 0 Å². The summed E-state index contributed by atoms with van der Waals surface area (Å²) in [6.45, 7) is 0.847. The van der Waals surface area contributed by atoms with Crippen LogP contribution in [0.25, 0.3) is 0 Å². The Morgan fingerprint density at radius 3 is 2.55 bits per heavy atom. The lowest BCUT2D eigenvalue weighted by Crippen LogP contribution is -2.59.